The molecule has 11 heteroatoms. The molecule has 0 radical (unpaired) electrons. The standard InChI is InChI=1S/C39H48Cl3N3O5/c1-11-30(50-31-17-14-22(38(7,8)12-2)18-25(31)39(9,10)13-3)35(48)44-23-15-16-26(40)29(21-23)45-36(49)32(34(47)37(4,5)6)43-24-19-27(41)33(46)28(42)20-24/h14-21,30,46H,11-13H2,1-10H3,(H,44,48)(H,45,49)/b43-32-. The first kappa shape index (κ1) is 40.8. The van der Waals surface area contributed by atoms with E-state index in [1.165, 1.54) is 29.8 Å². The van der Waals surface area contributed by atoms with Crippen molar-refractivity contribution in [2.75, 3.05) is 10.6 Å². The van der Waals surface area contributed by atoms with Crippen LogP contribution in [0.25, 0.3) is 0 Å². The number of anilines is 2. The maximum absolute atomic E-state index is 13.6. The predicted molar refractivity (Wildman–Crippen MR) is 206 cm³/mol. The van der Waals surface area contributed by atoms with Gasteiger partial charge in [0.05, 0.1) is 26.4 Å². The molecule has 2 amide bonds. The molecule has 1 atom stereocenters. The third-order valence-electron chi connectivity index (χ3n) is 9.03. The van der Waals surface area contributed by atoms with Gasteiger partial charge in [0.1, 0.15) is 5.75 Å². The smallest absolute Gasteiger partial charge is 0.278 e. The highest BCUT2D eigenvalue weighted by Gasteiger charge is 2.32. The first-order valence-corrected chi connectivity index (χ1v) is 17.8. The minimum absolute atomic E-state index is 0.0139. The molecule has 3 rings (SSSR count). The lowest BCUT2D eigenvalue weighted by Crippen LogP contribution is -2.37. The molecule has 3 N–H and O–H groups in total. The summed E-state index contributed by atoms with van der Waals surface area (Å²) < 4.78 is 6.41. The fourth-order valence-corrected chi connectivity index (χ4v) is 5.50. The van der Waals surface area contributed by atoms with Crippen molar-refractivity contribution < 1.29 is 24.2 Å². The van der Waals surface area contributed by atoms with Crippen LogP contribution in [0.3, 0.4) is 0 Å². The second-order valence-electron chi connectivity index (χ2n) is 14.6. The van der Waals surface area contributed by atoms with E-state index in [4.69, 9.17) is 39.5 Å². The predicted octanol–water partition coefficient (Wildman–Crippen LogP) is 10.9. The van der Waals surface area contributed by atoms with E-state index in [2.05, 4.69) is 69.3 Å². The number of halogens is 3. The Morgan fingerprint density at radius 2 is 1.40 bits per heavy atom. The fourth-order valence-electron chi connectivity index (χ4n) is 4.86. The molecule has 270 valence electrons. The number of nitrogens with one attached hydrogen (secondary N) is 2. The average molecular weight is 745 g/mol. The maximum atomic E-state index is 13.6. The van der Waals surface area contributed by atoms with Crippen LogP contribution in [0.15, 0.2) is 53.5 Å². The maximum Gasteiger partial charge on any atom is 0.278 e. The van der Waals surface area contributed by atoms with Gasteiger partial charge in [0, 0.05) is 16.7 Å². The Bertz CT molecular complexity index is 1770. The van der Waals surface area contributed by atoms with Gasteiger partial charge in [-0.3, -0.25) is 14.4 Å². The van der Waals surface area contributed by atoms with E-state index < -0.39 is 28.9 Å². The monoisotopic (exact) mass is 743 g/mol. The molecule has 1 unspecified atom stereocenters. The van der Waals surface area contributed by atoms with Crippen LogP contribution in [0.4, 0.5) is 17.1 Å². The summed E-state index contributed by atoms with van der Waals surface area (Å²) in [6.45, 7) is 19.9. The number of aromatic hydroxyl groups is 1. The van der Waals surface area contributed by atoms with E-state index in [-0.39, 0.29) is 48.9 Å². The Hall–Kier alpha value is -3.59. The minimum Gasteiger partial charge on any atom is -0.505 e. The second-order valence-corrected chi connectivity index (χ2v) is 15.9. The summed E-state index contributed by atoms with van der Waals surface area (Å²) in [5.41, 5.74) is 1.22. The molecule has 50 heavy (non-hydrogen) atoms. The third-order valence-corrected chi connectivity index (χ3v) is 9.93. The summed E-state index contributed by atoms with van der Waals surface area (Å²) in [6, 6.07) is 13.4. The molecule has 0 saturated heterocycles. The van der Waals surface area contributed by atoms with Crippen LogP contribution >= 0.6 is 34.8 Å². The Labute approximate surface area is 311 Å². The normalized spacial score (nSPS) is 13.1. The van der Waals surface area contributed by atoms with Gasteiger partial charge in [0.15, 0.2) is 23.3 Å². The Kier molecular flexibility index (Phi) is 13.2. The summed E-state index contributed by atoms with van der Waals surface area (Å²) in [4.78, 5) is 44.8. The molecular formula is C39H48Cl3N3O5. The summed E-state index contributed by atoms with van der Waals surface area (Å²) in [5, 5.41) is 15.4. The molecule has 0 spiro atoms. The average Bonchev–Trinajstić information content (AvgIpc) is 3.05. The first-order valence-electron chi connectivity index (χ1n) is 16.7. The van der Waals surface area contributed by atoms with Gasteiger partial charge < -0.3 is 20.5 Å². The van der Waals surface area contributed by atoms with Gasteiger partial charge in [-0.15, -0.1) is 0 Å². The van der Waals surface area contributed by atoms with Crippen LogP contribution in [0.5, 0.6) is 11.5 Å². The van der Waals surface area contributed by atoms with Crippen molar-refractivity contribution in [3.63, 3.8) is 0 Å². The van der Waals surface area contributed by atoms with Crippen LogP contribution in [0.2, 0.25) is 15.1 Å². The summed E-state index contributed by atoms with van der Waals surface area (Å²) in [5.74, 6) is -1.47. The van der Waals surface area contributed by atoms with Gasteiger partial charge in [-0.1, -0.05) is 116 Å². The Morgan fingerprint density at radius 1 is 0.800 bits per heavy atom. The number of ketones is 1. The summed E-state index contributed by atoms with van der Waals surface area (Å²) in [7, 11) is 0. The van der Waals surface area contributed by atoms with Crippen molar-refractivity contribution in [3.05, 3.63) is 74.7 Å². The van der Waals surface area contributed by atoms with Crippen LogP contribution in [-0.4, -0.2) is 34.5 Å². The zero-order valence-electron chi connectivity index (χ0n) is 30.5. The lowest BCUT2D eigenvalue weighted by Gasteiger charge is -2.31. The van der Waals surface area contributed by atoms with E-state index in [9.17, 15) is 19.5 Å². The largest absolute Gasteiger partial charge is 0.505 e. The van der Waals surface area contributed by atoms with E-state index in [1.807, 2.05) is 13.0 Å². The molecule has 0 heterocycles. The van der Waals surface area contributed by atoms with Crippen molar-refractivity contribution in [1.29, 1.82) is 0 Å². The number of nitrogens with zero attached hydrogens (tertiary/aromatic N) is 1. The van der Waals surface area contributed by atoms with Gasteiger partial charge in [-0.25, -0.2) is 4.99 Å². The van der Waals surface area contributed by atoms with Gasteiger partial charge >= 0.3 is 0 Å². The minimum atomic E-state index is -0.978. The van der Waals surface area contributed by atoms with Gasteiger partial charge in [-0.2, -0.15) is 0 Å². The molecule has 0 saturated carbocycles. The first-order chi connectivity index (χ1) is 23.1. The number of phenolic OH excluding ortho intramolecular Hbond substituents is 1. The fraction of sp³-hybridized carbons (Fsp3) is 0.436. The number of Topliss-reactive ketones (excluding diaryl/α,β-unsaturated/α-hetero) is 1. The van der Waals surface area contributed by atoms with Crippen LogP contribution in [0, 0.1) is 5.41 Å². The number of carbonyl (C=O) groups is 3. The van der Waals surface area contributed by atoms with Crippen molar-refractivity contribution in [2.45, 2.75) is 105 Å². The number of phenols is 1. The molecule has 0 aliphatic heterocycles. The zero-order chi connectivity index (χ0) is 37.8. The second kappa shape index (κ2) is 16.2. The molecule has 8 nitrogen and oxygen atoms in total. The Morgan fingerprint density at radius 3 is 1.94 bits per heavy atom. The van der Waals surface area contributed by atoms with Crippen LogP contribution in [0.1, 0.15) is 99.6 Å². The number of amides is 2. The van der Waals surface area contributed by atoms with E-state index in [0.29, 0.717) is 17.9 Å². The highest BCUT2D eigenvalue weighted by molar-refractivity contribution is 6.68. The van der Waals surface area contributed by atoms with Crippen molar-refractivity contribution >= 4 is 75.2 Å². The quantitative estimate of drug-likeness (QED) is 0.119. The molecule has 3 aromatic carbocycles. The van der Waals surface area contributed by atoms with Crippen LogP contribution in [-0.2, 0) is 25.2 Å². The lowest BCUT2D eigenvalue weighted by atomic mass is 9.76. The van der Waals surface area contributed by atoms with E-state index in [0.717, 1.165) is 18.4 Å². The highest BCUT2D eigenvalue weighted by atomic mass is 35.5. The molecule has 0 bridgehead atoms. The number of benzene rings is 3. The van der Waals surface area contributed by atoms with Crippen molar-refractivity contribution in [2.24, 2.45) is 10.4 Å². The number of carbonyl (C=O) groups excluding carboxylic acids is 3. The molecule has 0 fully saturated rings. The lowest BCUT2D eigenvalue weighted by molar-refractivity contribution is -0.123. The Balaban J connectivity index is 1.91. The van der Waals surface area contributed by atoms with Gasteiger partial charge in [-0.05, 0) is 72.1 Å². The van der Waals surface area contributed by atoms with Crippen molar-refractivity contribution in [3.8, 4) is 11.5 Å². The SMILES string of the molecule is CCC(Oc1ccc(C(C)(C)CC)cc1C(C)(C)CC)C(=O)Nc1ccc(Cl)c(NC(=O)/C(=N\c2cc(Cl)c(O)c(Cl)c2)C(=O)C(C)(C)C)c1. The van der Waals surface area contributed by atoms with E-state index in [1.54, 1.807) is 26.8 Å². The summed E-state index contributed by atoms with van der Waals surface area (Å²) in [6.07, 6.45) is 1.45. The topological polar surface area (TPSA) is 117 Å². The third kappa shape index (κ3) is 9.80. The molecule has 3 aromatic rings. The number of hydrogen-bond donors (Lipinski definition) is 3. The van der Waals surface area contributed by atoms with Crippen molar-refractivity contribution in [1.82, 2.24) is 0 Å². The van der Waals surface area contributed by atoms with Gasteiger partial charge in [0.2, 0.25) is 0 Å². The highest BCUT2D eigenvalue weighted by Crippen LogP contribution is 2.40. The zero-order valence-corrected chi connectivity index (χ0v) is 32.7. The number of rotatable bonds is 13. The number of ether oxygens (including phenoxy) is 1. The molecule has 0 aliphatic rings. The number of aliphatic imine (C=N–C) groups is 1. The molecular weight excluding hydrogens is 697 g/mol. The molecule has 0 aliphatic carbocycles. The van der Waals surface area contributed by atoms with E-state index >= 15 is 0 Å². The number of hydrogen-bond acceptors (Lipinski definition) is 6. The van der Waals surface area contributed by atoms with Crippen LogP contribution < -0.4 is 15.4 Å². The summed E-state index contributed by atoms with van der Waals surface area (Å²) >= 11 is 18.6. The molecule has 0 aromatic heterocycles. The van der Waals surface area contributed by atoms with Gasteiger partial charge in [0.25, 0.3) is 11.8 Å².